The van der Waals surface area contributed by atoms with Gasteiger partial charge in [0.2, 0.25) is 0 Å². The number of benzene rings is 1. The van der Waals surface area contributed by atoms with E-state index >= 15 is 0 Å². The number of rotatable bonds is 8. The number of carbonyl (C=O) groups excluding carboxylic acids is 1. The van der Waals surface area contributed by atoms with Crippen LogP contribution < -0.4 is 5.32 Å². The van der Waals surface area contributed by atoms with E-state index in [9.17, 15) is 9.59 Å². The lowest BCUT2D eigenvalue weighted by atomic mass is 9.82. The first-order valence-corrected chi connectivity index (χ1v) is 11.2. The van der Waals surface area contributed by atoms with Gasteiger partial charge >= 0.3 is 5.97 Å². The van der Waals surface area contributed by atoms with Crippen LogP contribution in [0.1, 0.15) is 55.3 Å². The molecule has 1 aromatic carbocycles. The van der Waals surface area contributed by atoms with Crippen LogP contribution >= 0.6 is 11.3 Å². The minimum absolute atomic E-state index is 0.0606. The fraction of sp³-hybridized carbons (Fsp3) is 0.478. The van der Waals surface area contributed by atoms with Gasteiger partial charge in [-0.3, -0.25) is 9.59 Å². The van der Waals surface area contributed by atoms with E-state index in [1.54, 1.807) is 11.3 Å². The van der Waals surface area contributed by atoms with Crippen LogP contribution in [0.15, 0.2) is 41.8 Å². The molecule has 1 amide bonds. The number of carboxylic acids is 1. The number of nitrogens with one attached hydrogen (secondary N) is 1. The van der Waals surface area contributed by atoms with Crippen LogP contribution in [0.25, 0.3) is 10.1 Å². The summed E-state index contributed by atoms with van der Waals surface area (Å²) < 4.78 is 1.15. The summed E-state index contributed by atoms with van der Waals surface area (Å²) >= 11 is 1.63. The zero-order valence-electron chi connectivity index (χ0n) is 16.0. The summed E-state index contributed by atoms with van der Waals surface area (Å²) in [7, 11) is 0. The van der Waals surface area contributed by atoms with Crippen molar-refractivity contribution in [1.29, 1.82) is 0 Å². The van der Waals surface area contributed by atoms with Gasteiger partial charge in [-0.2, -0.15) is 0 Å². The largest absolute Gasteiger partial charge is 0.481 e. The van der Waals surface area contributed by atoms with Gasteiger partial charge in [0.25, 0.3) is 5.91 Å². The topological polar surface area (TPSA) is 66.4 Å². The monoisotopic (exact) mass is 397 g/mol. The summed E-state index contributed by atoms with van der Waals surface area (Å²) in [6, 6.07) is 8.34. The molecule has 2 saturated carbocycles. The van der Waals surface area contributed by atoms with Crippen molar-refractivity contribution in [3.63, 3.8) is 0 Å². The molecule has 1 heterocycles. The maximum atomic E-state index is 13.0. The van der Waals surface area contributed by atoms with Crippen LogP contribution in [0.3, 0.4) is 0 Å². The quantitative estimate of drug-likeness (QED) is 0.472. The summed E-state index contributed by atoms with van der Waals surface area (Å²) in [5.41, 5.74) is 0.798. The number of allylic oxidation sites excluding steroid dienone is 2. The summed E-state index contributed by atoms with van der Waals surface area (Å²) in [6.07, 6.45) is 10.7. The smallest absolute Gasteiger partial charge is 0.303 e. The first kappa shape index (κ1) is 19.2. The Balaban J connectivity index is 1.39. The zero-order chi connectivity index (χ0) is 19.5. The number of thiophene rings is 1. The summed E-state index contributed by atoms with van der Waals surface area (Å²) in [4.78, 5) is 23.6. The SMILES string of the molecule is O=C(O)CCC/C=C\C[C@H]1[C@@H]2CC[C@@H](C2)[C@@H]1NC(=O)c1csc2ccccc12. The van der Waals surface area contributed by atoms with Gasteiger partial charge in [-0.15, -0.1) is 11.3 Å². The molecule has 0 unspecified atom stereocenters. The Morgan fingerprint density at radius 1 is 1.18 bits per heavy atom. The molecule has 148 valence electrons. The second-order valence-corrected chi connectivity index (χ2v) is 9.05. The highest BCUT2D eigenvalue weighted by Crippen LogP contribution is 2.50. The third-order valence-corrected chi connectivity index (χ3v) is 7.41. The van der Waals surface area contributed by atoms with Gasteiger partial charge in [-0.1, -0.05) is 30.4 Å². The molecule has 28 heavy (non-hydrogen) atoms. The number of aliphatic carboxylic acids is 1. The molecule has 2 N–H and O–H groups in total. The molecule has 0 saturated heterocycles. The maximum absolute atomic E-state index is 13.0. The van der Waals surface area contributed by atoms with Crippen molar-refractivity contribution in [3.8, 4) is 0 Å². The average molecular weight is 398 g/mol. The van der Waals surface area contributed by atoms with Crippen molar-refractivity contribution in [2.75, 3.05) is 0 Å². The Kier molecular flexibility index (Phi) is 5.81. The molecule has 4 atom stereocenters. The number of carbonyl (C=O) groups is 2. The molecule has 4 nitrogen and oxygen atoms in total. The molecule has 2 aliphatic carbocycles. The van der Waals surface area contributed by atoms with Crippen LogP contribution in [-0.4, -0.2) is 23.0 Å². The molecule has 2 bridgehead atoms. The highest BCUT2D eigenvalue weighted by atomic mass is 32.1. The summed E-state index contributed by atoms with van der Waals surface area (Å²) in [5, 5.41) is 15.1. The second-order valence-electron chi connectivity index (χ2n) is 8.13. The normalized spacial score (nSPS) is 26.3. The third kappa shape index (κ3) is 4.00. The minimum Gasteiger partial charge on any atom is -0.481 e. The lowest BCUT2D eigenvalue weighted by Crippen LogP contribution is -2.43. The van der Waals surface area contributed by atoms with Gasteiger partial charge in [0.05, 0.1) is 5.56 Å². The zero-order valence-corrected chi connectivity index (χ0v) is 16.8. The number of unbranched alkanes of at least 4 members (excludes halogenated alkanes) is 1. The third-order valence-electron chi connectivity index (χ3n) is 6.45. The van der Waals surface area contributed by atoms with E-state index in [0.717, 1.165) is 28.5 Å². The first-order valence-electron chi connectivity index (χ1n) is 10.3. The standard InChI is InChI=1S/C23H27NO3S/c25-21(26)10-4-2-1-3-7-17-15-11-12-16(13-15)22(17)24-23(27)19-14-28-20-9-6-5-8-18(19)20/h1,3,5-6,8-9,14-17,22H,2,4,7,10-13H2,(H,24,27)(H,25,26)/b3-1-/t15-,16+,17+,22+/m1/s1. The minimum atomic E-state index is -0.731. The van der Waals surface area contributed by atoms with E-state index in [1.807, 2.05) is 23.6 Å². The van der Waals surface area contributed by atoms with Gasteiger partial charge < -0.3 is 10.4 Å². The van der Waals surface area contributed by atoms with E-state index in [4.69, 9.17) is 5.11 Å². The molecule has 2 aromatic rings. The molecule has 0 radical (unpaired) electrons. The fourth-order valence-corrected chi connectivity index (χ4v) is 6.04. The summed E-state index contributed by atoms with van der Waals surface area (Å²) in [5.74, 6) is 1.14. The average Bonchev–Trinajstić information content (AvgIpc) is 3.39. The highest BCUT2D eigenvalue weighted by molar-refractivity contribution is 7.17. The van der Waals surface area contributed by atoms with Crippen molar-refractivity contribution in [3.05, 3.63) is 47.4 Å². The van der Waals surface area contributed by atoms with E-state index in [0.29, 0.717) is 24.2 Å². The van der Waals surface area contributed by atoms with E-state index in [-0.39, 0.29) is 18.4 Å². The van der Waals surface area contributed by atoms with Crippen LogP contribution in [0.5, 0.6) is 0 Å². The highest BCUT2D eigenvalue weighted by Gasteiger charge is 2.47. The maximum Gasteiger partial charge on any atom is 0.303 e. The van der Waals surface area contributed by atoms with Crippen molar-refractivity contribution in [2.24, 2.45) is 17.8 Å². The van der Waals surface area contributed by atoms with Gasteiger partial charge in [0.1, 0.15) is 0 Å². The molecule has 5 heteroatoms. The number of hydrogen-bond acceptors (Lipinski definition) is 3. The van der Waals surface area contributed by atoms with Gasteiger partial charge in [0.15, 0.2) is 0 Å². The Hall–Kier alpha value is -2.14. The van der Waals surface area contributed by atoms with Crippen molar-refractivity contribution in [1.82, 2.24) is 5.32 Å². The molecular formula is C23H27NO3S. The van der Waals surface area contributed by atoms with Gasteiger partial charge in [0, 0.05) is 27.9 Å². The fourth-order valence-electron chi connectivity index (χ4n) is 5.10. The number of amides is 1. The molecular weight excluding hydrogens is 370 g/mol. The number of fused-ring (bicyclic) bond motifs is 3. The van der Waals surface area contributed by atoms with Crippen molar-refractivity contribution in [2.45, 2.75) is 51.0 Å². The van der Waals surface area contributed by atoms with E-state index < -0.39 is 5.97 Å². The Morgan fingerprint density at radius 3 is 2.86 bits per heavy atom. The lowest BCUT2D eigenvalue weighted by Gasteiger charge is -2.31. The molecule has 4 rings (SSSR count). The van der Waals surface area contributed by atoms with Gasteiger partial charge in [-0.25, -0.2) is 0 Å². The number of carboxylic acid groups (broad SMARTS) is 1. The van der Waals surface area contributed by atoms with Crippen LogP contribution in [0.4, 0.5) is 0 Å². The van der Waals surface area contributed by atoms with Crippen LogP contribution in [0.2, 0.25) is 0 Å². The predicted molar refractivity (Wildman–Crippen MR) is 113 cm³/mol. The van der Waals surface area contributed by atoms with Crippen molar-refractivity contribution < 1.29 is 14.7 Å². The molecule has 0 spiro atoms. The van der Waals surface area contributed by atoms with Gasteiger partial charge in [-0.05, 0) is 62.3 Å². The Labute approximate surface area is 169 Å². The molecule has 2 fully saturated rings. The van der Waals surface area contributed by atoms with E-state index in [1.165, 1.54) is 19.3 Å². The Morgan fingerprint density at radius 2 is 2.00 bits per heavy atom. The number of hydrogen-bond donors (Lipinski definition) is 2. The molecule has 1 aromatic heterocycles. The summed E-state index contributed by atoms with van der Waals surface area (Å²) in [6.45, 7) is 0. The molecule has 0 aliphatic heterocycles. The van der Waals surface area contributed by atoms with Crippen LogP contribution in [0, 0.1) is 17.8 Å². The van der Waals surface area contributed by atoms with E-state index in [2.05, 4.69) is 23.5 Å². The first-order chi connectivity index (χ1) is 13.6. The van der Waals surface area contributed by atoms with Crippen molar-refractivity contribution >= 4 is 33.3 Å². The van der Waals surface area contributed by atoms with Crippen LogP contribution in [-0.2, 0) is 4.79 Å². The predicted octanol–water partition coefficient (Wildman–Crippen LogP) is 5.25. The lowest BCUT2D eigenvalue weighted by molar-refractivity contribution is -0.137. The second kappa shape index (κ2) is 8.48. The Bertz CT molecular complexity index is 887. The molecule has 2 aliphatic rings.